The van der Waals surface area contributed by atoms with Gasteiger partial charge in [-0.15, -0.1) is 22.1 Å². The number of carbonyl (C=O) groups excluding carboxylic acids is 3. The van der Waals surface area contributed by atoms with Gasteiger partial charge in [0, 0.05) is 54.9 Å². The zero-order valence-corrected chi connectivity index (χ0v) is 37.9. The Balaban J connectivity index is 0.00000410. The number of ketones is 1. The summed E-state index contributed by atoms with van der Waals surface area (Å²) in [6, 6.07) is 7.77. The third-order valence-corrected chi connectivity index (χ3v) is 11.9. The summed E-state index contributed by atoms with van der Waals surface area (Å²) < 4.78 is 11.2. The molecule has 3 aliphatic rings. The maximum Gasteiger partial charge on any atom is 2.00 e. The Kier molecular flexibility index (Phi) is 17.9. The van der Waals surface area contributed by atoms with Crippen molar-refractivity contribution in [3.63, 3.8) is 0 Å². The molecule has 6 rings (SSSR count). The van der Waals surface area contributed by atoms with Gasteiger partial charge in [0.05, 0.1) is 54.4 Å². The molecule has 8 bridgehead atoms. The molecule has 61 heavy (non-hydrogen) atoms. The van der Waals surface area contributed by atoms with Crippen molar-refractivity contribution in [3.05, 3.63) is 94.8 Å². The fraction of sp³-hybridized carbons (Fsp3) is 0.370. The number of hydrogen-bond donors (Lipinski definition) is 1. The van der Waals surface area contributed by atoms with E-state index in [0.717, 1.165) is 78.7 Å². The number of rotatable bonds is 19. The van der Waals surface area contributed by atoms with E-state index in [-0.39, 0.29) is 84.1 Å². The van der Waals surface area contributed by atoms with Crippen molar-refractivity contribution in [2.24, 2.45) is 0 Å². The molecule has 1 fully saturated rings. The Morgan fingerprint density at radius 3 is 2.13 bits per heavy atom. The molecule has 1 atom stereocenters. The molecule has 0 saturated carbocycles. The van der Waals surface area contributed by atoms with Gasteiger partial charge in [0.15, 0.2) is 0 Å². The van der Waals surface area contributed by atoms with Gasteiger partial charge in [-0.1, -0.05) is 66.3 Å². The Labute approximate surface area is 382 Å². The van der Waals surface area contributed by atoms with E-state index in [2.05, 4.69) is 19.4 Å². The molecule has 0 aliphatic carbocycles. The number of Topliss-reactive ketones (excluding diaryl/α,β-unsaturated/α-hetero) is 1. The summed E-state index contributed by atoms with van der Waals surface area (Å²) in [7, 11) is 0. The molecular formula is C46H50Fe2N5O7S-. The van der Waals surface area contributed by atoms with Crippen LogP contribution in [0.3, 0.4) is 0 Å². The number of aryl methyl sites for hydroxylation is 3. The van der Waals surface area contributed by atoms with Crippen LogP contribution in [-0.2, 0) is 69.2 Å². The summed E-state index contributed by atoms with van der Waals surface area (Å²) in [5.74, 6) is -1.22. The van der Waals surface area contributed by atoms with E-state index >= 15 is 0 Å². The summed E-state index contributed by atoms with van der Waals surface area (Å²) in [5, 5.41) is 9.21. The molecule has 3 aromatic heterocycles. The molecule has 0 aromatic carbocycles. The largest absolute Gasteiger partial charge is 2.00 e. The van der Waals surface area contributed by atoms with Crippen molar-refractivity contribution >= 4 is 85.8 Å². The molecule has 2 amide bonds. The molecule has 3 aliphatic heterocycles. The number of allylic oxidation sites excluding steroid dienone is 5. The Morgan fingerprint density at radius 1 is 0.836 bits per heavy atom. The number of aliphatic carboxylic acids is 1. The predicted octanol–water partition coefficient (Wildman–Crippen LogP) is 7.71. The van der Waals surface area contributed by atoms with Gasteiger partial charge in [-0.3, -0.25) is 30.3 Å². The summed E-state index contributed by atoms with van der Waals surface area (Å²) in [6.45, 7) is 17.6. The molecule has 0 radical (unpaired) electrons. The number of carboxylic acids is 1. The minimum Gasteiger partial charge on any atom is -0.657 e. The van der Waals surface area contributed by atoms with Crippen LogP contribution in [0.15, 0.2) is 43.5 Å². The third kappa shape index (κ3) is 11.2. The topological polar surface area (TPSA) is 164 Å². The van der Waals surface area contributed by atoms with Crippen LogP contribution >= 0.6 is 11.8 Å². The van der Waals surface area contributed by atoms with Crippen molar-refractivity contribution in [1.82, 2.24) is 24.8 Å². The van der Waals surface area contributed by atoms with E-state index in [0.29, 0.717) is 67.9 Å². The van der Waals surface area contributed by atoms with Crippen LogP contribution in [0.2, 0.25) is 0 Å². The minimum absolute atomic E-state index is 0. The van der Waals surface area contributed by atoms with Gasteiger partial charge < -0.3 is 36.3 Å². The summed E-state index contributed by atoms with van der Waals surface area (Å²) in [5.41, 5.74) is 12.9. The van der Waals surface area contributed by atoms with Crippen LogP contribution in [0, 0.1) is 20.1 Å². The number of ether oxygens (including phenoxy) is 2. The number of hydrogen-bond acceptors (Lipinski definition) is 9. The Hall–Kier alpha value is -4.33. The maximum absolute atomic E-state index is 13.2. The van der Waals surface area contributed by atoms with Gasteiger partial charge in [0.2, 0.25) is 11.8 Å². The van der Waals surface area contributed by atoms with E-state index in [1.807, 2.05) is 52.0 Å². The zero-order valence-electron chi connectivity index (χ0n) is 34.9. The SMILES string of the molecule is C=CC1=C(C)c2cc3[n-]c(cc4nc(cc5[n-]c(cc1n2)c(C)c5C=C)C(C)=C4CCC(=O)O)c(CCC(=O)CCCOCCOCCN1C(=O)CC(S[CH2-])C1=O)c3C.[Fe+2].[Fe]. The molecule has 1 unspecified atom stereocenters. The van der Waals surface area contributed by atoms with E-state index in [9.17, 15) is 24.3 Å². The van der Waals surface area contributed by atoms with Crippen molar-refractivity contribution in [3.8, 4) is 0 Å². The molecule has 12 nitrogen and oxygen atoms in total. The van der Waals surface area contributed by atoms with E-state index < -0.39 is 11.2 Å². The fourth-order valence-corrected chi connectivity index (χ4v) is 8.17. The van der Waals surface area contributed by atoms with Crippen LogP contribution in [-0.4, -0.2) is 81.8 Å². The first-order valence-corrected chi connectivity index (χ1v) is 20.8. The van der Waals surface area contributed by atoms with Crippen molar-refractivity contribution in [2.75, 3.05) is 33.0 Å². The molecule has 15 heteroatoms. The van der Waals surface area contributed by atoms with Gasteiger partial charge in [-0.2, -0.15) is 0 Å². The monoisotopic (exact) mass is 928 g/mol. The van der Waals surface area contributed by atoms with Gasteiger partial charge in [-0.05, 0) is 69.2 Å². The number of likely N-dealkylation sites (tertiary alicyclic amines) is 1. The van der Waals surface area contributed by atoms with Crippen molar-refractivity contribution in [1.29, 1.82) is 0 Å². The number of amides is 2. The molecule has 0 spiro atoms. The number of carboxylic acid groups (broad SMARTS) is 1. The first-order chi connectivity index (χ1) is 28.3. The summed E-state index contributed by atoms with van der Waals surface area (Å²) in [6.07, 6.45) is 9.32. The standard InChI is InChI=1S/C46H51N5O7S.2Fe/c1-8-31-26(3)35-21-36-28(5)33(13-12-30(52)11-10-17-57-19-20-58-18-16-51-44(53)25-43(59-7)46(51)56)41(49-36)24-42-34(14-15-45(54)55)29(6)38(50-42)23-40-32(9-2)27(4)37(48-40)22-39(31)47-35;;/h8-9,21-24,43H,1-2,7,10-20,25H2,3-6H3,(H2-,47,48,49,50,54,55);;/q-2;;+2/p-1. The normalized spacial score (nSPS) is 15.0. The number of nitrogens with zero attached hydrogens (tertiary/aromatic N) is 5. The van der Waals surface area contributed by atoms with Gasteiger partial charge in [0.25, 0.3) is 0 Å². The Morgan fingerprint density at radius 2 is 1.46 bits per heavy atom. The van der Waals surface area contributed by atoms with E-state index in [1.165, 1.54) is 4.90 Å². The van der Waals surface area contributed by atoms with Gasteiger partial charge in [-0.25, -0.2) is 9.97 Å². The molecule has 6 heterocycles. The van der Waals surface area contributed by atoms with Crippen LogP contribution in [0.5, 0.6) is 0 Å². The Bertz CT molecular complexity index is 2450. The van der Waals surface area contributed by atoms with Crippen LogP contribution in [0.25, 0.3) is 50.4 Å². The van der Waals surface area contributed by atoms with Crippen molar-refractivity contribution < 1.29 is 67.9 Å². The van der Waals surface area contributed by atoms with Gasteiger partial charge >= 0.3 is 23.0 Å². The van der Waals surface area contributed by atoms with Crippen LogP contribution < -0.4 is 9.97 Å². The number of carbonyl (C=O) groups is 4. The average Bonchev–Trinajstić information content (AvgIpc) is 3.94. The van der Waals surface area contributed by atoms with Crippen LogP contribution in [0.1, 0.15) is 97.4 Å². The fourth-order valence-electron chi connectivity index (χ4n) is 7.64. The van der Waals surface area contributed by atoms with E-state index in [4.69, 9.17) is 29.4 Å². The quantitative estimate of drug-likeness (QED) is 0.0540. The third-order valence-electron chi connectivity index (χ3n) is 11.1. The second kappa shape index (κ2) is 22.1. The minimum atomic E-state index is -0.899. The van der Waals surface area contributed by atoms with Gasteiger partial charge in [0.1, 0.15) is 5.78 Å². The van der Waals surface area contributed by atoms with E-state index in [1.54, 1.807) is 12.2 Å². The zero-order chi connectivity index (χ0) is 42.4. The maximum atomic E-state index is 13.2. The summed E-state index contributed by atoms with van der Waals surface area (Å²) in [4.78, 5) is 70.6. The number of thioether (sulfide) groups is 1. The molecule has 324 valence electrons. The second-order valence-electron chi connectivity index (χ2n) is 14.8. The smallest absolute Gasteiger partial charge is 0.657 e. The molecule has 1 saturated heterocycles. The molecule has 3 aromatic rings. The first-order valence-electron chi connectivity index (χ1n) is 19.8. The first kappa shape index (κ1) is 49.3. The van der Waals surface area contributed by atoms with Crippen molar-refractivity contribution in [2.45, 2.75) is 77.9 Å². The predicted molar refractivity (Wildman–Crippen MR) is 233 cm³/mol. The summed E-state index contributed by atoms with van der Waals surface area (Å²) >= 11 is 1.14. The molecule has 1 N–H and O–H groups in total. The second-order valence-corrected chi connectivity index (χ2v) is 15.7. The molecular weight excluding hydrogens is 878 g/mol. The average molecular weight is 929 g/mol. The number of imide groups is 1. The number of fused-ring (bicyclic) bond motifs is 8. The van der Waals surface area contributed by atoms with Crippen LogP contribution in [0.4, 0.5) is 0 Å². The number of aromatic nitrogens is 4.